The molecule has 0 aliphatic carbocycles. The van der Waals surface area contributed by atoms with Crippen molar-refractivity contribution in [3.63, 3.8) is 0 Å². The van der Waals surface area contributed by atoms with Crippen LogP contribution in [0.4, 0.5) is 13.2 Å². The van der Waals surface area contributed by atoms with Crippen molar-refractivity contribution in [1.82, 2.24) is 34.9 Å². The van der Waals surface area contributed by atoms with Crippen LogP contribution in [-0.4, -0.2) is 88.4 Å². The molecule has 2 aliphatic heterocycles. The molecule has 11 nitrogen and oxygen atoms in total. The molecule has 2 atom stereocenters. The molecular formula is C38H38F3N7O4S. The fourth-order valence-corrected chi connectivity index (χ4v) is 8.14. The van der Waals surface area contributed by atoms with Gasteiger partial charge in [-0.3, -0.25) is 24.2 Å². The molecule has 0 saturated carbocycles. The fourth-order valence-electron chi connectivity index (χ4n) is 7.21. The van der Waals surface area contributed by atoms with Crippen LogP contribution in [0.25, 0.3) is 43.9 Å². The van der Waals surface area contributed by atoms with Crippen molar-refractivity contribution in [3.8, 4) is 39.5 Å². The van der Waals surface area contributed by atoms with Gasteiger partial charge in [0.15, 0.2) is 0 Å². The van der Waals surface area contributed by atoms with Gasteiger partial charge in [-0.25, -0.2) is 18.2 Å². The average Bonchev–Trinajstić information content (AvgIpc) is 3.76. The van der Waals surface area contributed by atoms with Gasteiger partial charge in [-0.05, 0) is 37.6 Å². The Morgan fingerprint density at radius 2 is 1.85 bits per heavy atom. The number of carbonyl (C=O) groups is 2. The minimum absolute atomic E-state index is 0.0259. The minimum Gasteiger partial charge on any atom is -0.490 e. The Hall–Kier alpha value is -5.12. The lowest BCUT2D eigenvalue weighted by atomic mass is 9.93. The first kappa shape index (κ1) is 36.2. The second kappa shape index (κ2) is 14.7. The molecule has 0 spiro atoms. The van der Waals surface area contributed by atoms with Crippen molar-refractivity contribution in [1.29, 1.82) is 0 Å². The Labute approximate surface area is 308 Å². The second-order valence-corrected chi connectivity index (χ2v) is 13.9. The van der Waals surface area contributed by atoms with Crippen LogP contribution in [0.1, 0.15) is 42.9 Å². The van der Waals surface area contributed by atoms with Gasteiger partial charge in [-0.15, -0.1) is 11.3 Å². The van der Waals surface area contributed by atoms with Gasteiger partial charge in [-0.2, -0.15) is 5.10 Å². The van der Waals surface area contributed by atoms with E-state index < -0.39 is 17.5 Å². The zero-order chi connectivity index (χ0) is 37.6. The summed E-state index contributed by atoms with van der Waals surface area (Å²) in [5.41, 5.74) is 3.78. The quantitative estimate of drug-likeness (QED) is 0.135. The number of pyridine rings is 2. The average molecular weight is 746 g/mol. The number of amides is 2. The summed E-state index contributed by atoms with van der Waals surface area (Å²) in [7, 11) is 3.08. The minimum atomic E-state index is -0.972. The summed E-state index contributed by atoms with van der Waals surface area (Å²) in [5, 5.41) is 8.94. The number of nitrogens with zero attached hydrogens (tertiary/aromatic N) is 6. The summed E-state index contributed by atoms with van der Waals surface area (Å²) >= 11 is 1.10. The highest BCUT2D eigenvalue weighted by atomic mass is 32.1. The van der Waals surface area contributed by atoms with E-state index >= 15 is 8.78 Å². The molecule has 4 aromatic heterocycles. The zero-order valence-electron chi connectivity index (χ0n) is 29.7. The number of hydrogen-bond acceptors (Lipinski definition) is 9. The van der Waals surface area contributed by atoms with E-state index in [1.807, 2.05) is 19.9 Å². The molecular weight excluding hydrogens is 708 g/mol. The third-order valence-electron chi connectivity index (χ3n) is 9.98. The number of aromatic nitrogens is 4. The third kappa shape index (κ3) is 6.57. The number of fused-ring (bicyclic) bond motifs is 3. The molecule has 1 aromatic carbocycles. The van der Waals surface area contributed by atoms with Crippen LogP contribution in [-0.2, 0) is 27.3 Å². The maximum Gasteiger partial charge on any atom is 0.246 e. The number of carbonyl (C=O) groups excluding carboxylic acids is 2. The number of likely N-dealkylation sites (N-methyl/N-ethyl adjacent to an activating group) is 1. The van der Waals surface area contributed by atoms with E-state index in [1.165, 1.54) is 18.6 Å². The highest BCUT2D eigenvalue weighted by molar-refractivity contribution is 7.17. The molecule has 2 aliphatic rings. The number of methoxy groups -OCH3 is 1. The molecule has 6 heterocycles. The molecule has 15 heteroatoms. The lowest BCUT2D eigenvalue weighted by Crippen LogP contribution is -2.41. The fraction of sp³-hybridized carbons (Fsp3) is 0.342. The number of hydrogen-bond donors (Lipinski definition) is 1. The summed E-state index contributed by atoms with van der Waals surface area (Å²) in [6.45, 7) is 9.24. The Balaban J connectivity index is 1.47. The van der Waals surface area contributed by atoms with Gasteiger partial charge in [0.05, 0.1) is 47.4 Å². The van der Waals surface area contributed by atoms with Gasteiger partial charge in [0.2, 0.25) is 11.8 Å². The summed E-state index contributed by atoms with van der Waals surface area (Å²) < 4.78 is 60.5. The smallest absolute Gasteiger partial charge is 0.246 e. The van der Waals surface area contributed by atoms with E-state index in [0.717, 1.165) is 34.7 Å². The molecule has 7 rings (SSSR count). The van der Waals surface area contributed by atoms with Gasteiger partial charge >= 0.3 is 0 Å². The van der Waals surface area contributed by atoms with Crippen LogP contribution < -0.4 is 10.1 Å². The van der Waals surface area contributed by atoms with E-state index in [2.05, 4.69) is 16.8 Å². The van der Waals surface area contributed by atoms with Crippen LogP contribution in [0.2, 0.25) is 0 Å². The molecule has 2 amide bonds. The number of benzene rings is 1. The van der Waals surface area contributed by atoms with Crippen molar-refractivity contribution in [3.05, 3.63) is 82.9 Å². The van der Waals surface area contributed by atoms with E-state index in [4.69, 9.17) is 24.5 Å². The van der Waals surface area contributed by atoms with Crippen molar-refractivity contribution in [2.45, 2.75) is 38.9 Å². The molecule has 0 unspecified atom stereocenters. The van der Waals surface area contributed by atoms with Crippen LogP contribution in [0.15, 0.2) is 48.5 Å². The summed E-state index contributed by atoms with van der Waals surface area (Å²) in [4.78, 5) is 38.6. The summed E-state index contributed by atoms with van der Waals surface area (Å²) in [5.74, 6) is -2.96. The highest BCUT2D eigenvalue weighted by Gasteiger charge is 2.33. The van der Waals surface area contributed by atoms with Gasteiger partial charge in [0.25, 0.3) is 0 Å². The maximum absolute atomic E-state index is 16.3. The summed E-state index contributed by atoms with van der Waals surface area (Å²) in [6.07, 6.45) is 3.59. The maximum atomic E-state index is 16.3. The Morgan fingerprint density at radius 1 is 1.04 bits per heavy atom. The molecule has 0 bridgehead atoms. The van der Waals surface area contributed by atoms with Crippen LogP contribution in [0.5, 0.6) is 5.75 Å². The predicted molar refractivity (Wildman–Crippen MR) is 195 cm³/mol. The topological polar surface area (TPSA) is 115 Å². The van der Waals surface area contributed by atoms with Crippen LogP contribution in [0, 0.1) is 17.5 Å². The molecule has 53 heavy (non-hydrogen) atoms. The van der Waals surface area contributed by atoms with Crippen molar-refractivity contribution in [2.24, 2.45) is 0 Å². The van der Waals surface area contributed by atoms with E-state index in [0.29, 0.717) is 53.4 Å². The number of rotatable bonds is 10. The van der Waals surface area contributed by atoms with E-state index in [9.17, 15) is 14.0 Å². The van der Waals surface area contributed by atoms with Crippen molar-refractivity contribution < 1.29 is 32.2 Å². The first-order chi connectivity index (χ1) is 25.5. The van der Waals surface area contributed by atoms with Crippen molar-refractivity contribution >= 4 is 33.2 Å². The van der Waals surface area contributed by atoms with Gasteiger partial charge in [-0.1, -0.05) is 6.58 Å². The second-order valence-electron chi connectivity index (χ2n) is 13.0. The van der Waals surface area contributed by atoms with Gasteiger partial charge in [0.1, 0.15) is 41.2 Å². The van der Waals surface area contributed by atoms with E-state index in [-0.39, 0.29) is 71.6 Å². The normalized spacial score (nSPS) is 17.1. The van der Waals surface area contributed by atoms with E-state index in [1.54, 1.807) is 28.9 Å². The first-order valence-corrected chi connectivity index (χ1v) is 18.1. The predicted octanol–water partition coefficient (Wildman–Crippen LogP) is 6.09. The van der Waals surface area contributed by atoms with Crippen molar-refractivity contribution in [2.75, 3.05) is 47.0 Å². The number of nitrogens with one attached hydrogen (secondary N) is 1. The van der Waals surface area contributed by atoms with Gasteiger partial charge < -0.3 is 19.7 Å². The molecule has 276 valence electrons. The van der Waals surface area contributed by atoms with Gasteiger partial charge in [0, 0.05) is 85.6 Å². The number of thiophene rings is 1. The van der Waals surface area contributed by atoms with Crippen LogP contribution in [0.3, 0.4) is 0 Å². The molecule has 0 radical (unpaired) electrons. The largest absolute Gasteiger partial charge is 0.490 e. The molecule has 5 aromatic rings. The third-order valence-corrected chi connectivity index (χ3v) is 10.9. The molecule has 0 saturated heterocycles. The number of ether oxygens (including phenoxy) is 2. The zero-order valence-corrected chi connectivity index (χ0v) is 30.5. The lowest BCUT2D eigenvalue weighted by molar-refractivity contribution is -0.129. The SMILES string of the molecule is C=CC(=O)N1CCn2nc(-c3nc(-c4cnc5c(c4)[C@@H](C)N(CC(=O)NC)CC5)c4scc(F)c4c3-c3c(F)cc(F)cc3OCCOC)cc2[C@H]1C. The van der Waals surface area contributed by atoms with Crippen LogP contribution >= 0.6 is 11.3 Å². The standard InChI is InChI=1S/C38H38F3N7O4S/c1-6-32(50)47-9-10-48-29(21(47)3)16-28(45-48)37-35(33-25(40)14-23(39)15-30(33)52-12-11-51-5)34-26(41)19-53-38(34)36(44-37)22-13-24-20(2)46(18-31(49)42-4)8-7-27(24)43-17-22/h6,13-17,19-21H,1,7-12,18H2,2-5H3,(H,42,49)/t20-,21-/m1/s1. The highest BCUT2D eigenvalue weighted by Crippen LogP contribution is 2.48. The first-order valence-electron chi connectivity index (χ1n) is 17.2. The Kier molecular flexibility index (Phi) is 10.1. The molecule has 1 N–H and O–H groups in total. The number of halogens is 3. The lowest BCUT2D eigenvalue weighted by Gasteiger charge is -2.34. The summed E-state index contributed by atoms with van der Waals surface area (Å²) in [6, 6.07) is 4.96. The Morgan fingerprint density at radius 3 is 2.60 bits per heavy atom. The Bertz CT molecular complexity index is 2260. The molecule has 0 fully saturated rings. The monoisotopic (exact) mass is 745 g/mol.